The van der Waals surface area contributed by atoms with Gasteiger partial charge < -0.3 is 21.9 Å². The molecule has 0 aromatic rings. The van der Waals surface area contributed by atoms with Gasteiger partial charge in [0.1, 0.15) is 6.04 Å². The molecule has 0 radical (unpaired) electrons. The summed E-state index contributed by atoms with van der Waals surface area (Å²) in [7, 11) is 0. The first-order valence-corrected chi connectivity index (χ1v) is 4.96. The summed E-state index contributed by atoms with van der Waals surface area (Å²) < 4.78 is 0. The maximum absolute atomic E-state index is 11.6. The van der Waals surface area contributed by atoms with Gasteiger partial charge in [0.25, 0.3) is 0 Å². The molecular formula is C9H15N3O4. The number of carboxylic acid groups (broad SMARTS) is 1. The normalized spacial score (nSPS) is 19.3. The lowest BCUT2D eigenvalue weighted by atomic mass is 9.77. The minimum absolute atomic E-state index is 0.433. The Balaban J connectivity index is 2.57. The second-order valence-corrected chi connectivity index (χ2v) is 4.04. The molecule has 16 heavy (non-hydrogen) atoms. The molecule has 1 fully saturated rings. The Hall–Kier alpha value is -1.63. The van der Waals surface area contributed by atoms with E-state index < -0.39 is 35.8 Å². The van der Waals surface area contributed by atoms with E-state index in [0.717, 1.165) is 6.42 Å². The highest BCUT2D eigenvalue weighted by Gasteiger charge is 2.41. The van der Waals surface area contributed by atoms with Crippen molar-refractivity contribution in [3.8, 4) is 0 Å². The molecule has 6 N–H and O–H groups in total. The number of carboxylic acids is 1. The molecule has 90 valence electrons. The molecule has 0 aromatic heterocycles. The molecule has 7 heteroatoms. The Kier molecular flexibility index (Phi) is 3.48. The number of nitrogens with two attached hydrogens (primary N) is 2. The number of hydrogen-bond acceptors (Lipinski definition) is 4. The molecule has 1 atom stereocenters. The fourth-order valence-electron chi connectivity index (χ4n) is 1.49. The van der Waals surface area contributed by atoms with Gasteiger partial charge in [-0.3, -0.25) is 9.59 Å². The van der Waals surface area contributed by atoms with E-state index >= 15 is 0 Å². The predicted octanol–water partition coefficient (Wildman–Crippen LogP) is -1.69. The molecule has 1 aliphatic rings. The van der Waals surface area contributed by atoms with Crippen LogP contribution in [0.1, 0.15) is 25.7 Å². The van der Waals surface area contributed by atoms with Crippen molar-refractivity contribution in [2.45, 2.75) is 37.3 Å². The van der Waals surface area contributed by atoms with Crippen molar-refractivity contribution < 1.29 is 19.5 Å². The highest BCUT2D eigenvalue weighted by molar-refractivity contribution is 5.92. The van der Waals surface area contributed by atoms with E-state index in [1.165, 1.54) is 0 Å². The van der Waals surface area contributed by atoms with E-state index in [4.69, 9.17) is 16.6 Å². The zero-order chi connectivity index (χ0) is 12.3. The van der Waals surface area contributed by atoms with Crippen LogP contribution in [0.2, 0.25) is 0 Å². The van der Waals surface area contributed by atoms with Crippen molar-refractivity contribution in [1.82, 2.24) is 5.32 Å². The van der Waals surface area contributed by atoms with Crippen LogP contribution in [-0.4, -0.2) is 34.5 Å². The molecule has 0 bridgehead atoms. The maximum atomic E-state index is 11.6. The number of carbonyl (C=O) groups excluding carboxylic acids is 2. The van der Waals surface area contributed by atoms with E-state index in [0.29, 0.717) is 12.8 Å². The summed E-state index contributed by atoms with van der Waals surface area (Å²) in [6, 6.07) is -1.30. The molecule has 2 amide bonds. The average Bonchev–Trinajstić information content (AvgIpc) is 2.11. The van der Waals surface area contributed by atoms with Gasteiger partial charge in [0.15, 0.2) is 0 Å². The van der Waals surface area contributed by atoms with Crippen molar-refractivity contribution in [3.05, 3.63) is 0 Å². The van der Waals surface area contributed by atoms with E-state index in [2.05, 4.69) is 5.32 Å². The van der Waals surface area contributed by atoms with Crippen LogP contribution in [0, 0.1) is 0 Å². The quantitative estimate of drug-likeness (QED) is 0.446. The Morgan fingerprint density at radius 2 is 1.94 bits per heavy atom. The predicted molar refractivity (Wildman–Crippen MR) is 54.1 cm³/mol. The van der Waals surface area contributed by atoms with Crippen LogP contribution in [0.25, 0.3) is 0 Å². The van der Waals surface area contributed by atoms with Crippen LogP contribution < -0.4 is 16.8 Å². The highest BCUT2D eigenvalue weighted by atomic mass is 16.4. The molecular weight excluding hydrogens is 214 g/mol. The van der Waals surface area contributed by atoms with Gasteiger partial charge in [-0.15, -0.1) is 0 Å². The fourth-order valence-corrected chi connectivity index (χ4v) is 1.49. The Morgan fingerprint density at radius 3 is 2.25 bits per heavy atom. The highest BCUT2D eigenvalue weighted by Crippen LogP contribution is 2.29. The standard InChI is InChI=1S/C9H15N3O4/c10-6(13)4-5(7(14)15)12-8(16)9(11)2-1-3-9/h5H,1-4,11H2,(H2,10,13)(H,12,16)(H,14,15)/t5-/m0/s1. The Bertz CT molecular complexity index is 325. The van der Waals surface area contributed by atoms with Crippen LogP contribution in [0.15, 0.2) is 0 Å². The number of nitrogens with one attached hydrogen (secondary N) is 1. The molecule has 0 spiro atoms. The molecule has 1 saturated carbocycles. The summed E-state index contributed by atoms with van der Waals surface area (Å²) in [5.41, 5.74) is 9.60. The third-order valence-corrected chi connectivity index (χ3v) is 2.71. The van der Waals surface area contributed by atoms with E-state index in [-0.39, 0.29) is 0 Å². The second-order valence-electron chi connectivity index (χ2n) is 4.04. The molecule has 0 aromatic carbocycles. The number of carbonyl (C=O) groups is 3. The smallest absolute Gasteiger partial charge is 0.326 e. The van der Waals surface area contributed by atoms with Crippen LogP contribution >= 0.6 is 0 Å². The summed E-state index contributed by atoms with van der Waals surface area (Å²) in [5.74, 6) is -2.62. The van der Waals surface area contributed by atoms with Crippen LogP contribution in [0.3, 0.4) is 0 Å². The summed E-state index contributed by atoms with van der Waals surface area (Å²) in [5, 5.41) is 11.0. The van der Waals surface area contributed by atoms with Crippen molar-refractivity contribution >= 4 is 17.8 Å². The fraction of sp³-hybridized carbons (Fsp3) is 0.667. The summed E-state index contributed by atoms with van der Waals surface area (Å²) in [6.07, 6.45) is 1.47. The Morgan fingerprint density at radius 1 is 1.38 bits per heavy atom. The average molecular weight is 229 g/mol. The van der Waals surface area contributed by atoms with Gasteiger partial charge in [0.05, 0.1) is 12.0 Å². The summed E-state index contributed by atoms with van der Waals surface area (Å²) >= 11 is 0. The van der Waals surface area contributed by atoms with Gasteiger partial charge in [-0.1, -0.05) is 0 Å². The second kappa shape index (κ2) is 4.48. The topological polar surface area (TPSA) is 136 Å². The third kappa shape index (κ3) is 2.69. The lowest BCUT2D eigenvalue weighted by Crippen LogP contribution is -2.61. The molecule has 0 heterocycles. The zero-order valence-corrected chi connectivity index (χ0v) is 8.73. The molecule has 0 saturated heterocycles. The lowest BCUT2D eigenvalue weighted by Gasteiger charge is -2.36. The Labute approximate surface area is 92.2 Å². The van der Waals surface area contributed by atoms with E-state index in [1.54, 1.807) is 0 Å². The van der Waals surface area contributed by atoms with Gasteiger partial charge in [0.2, 0.25) is 11.8 Å². The minimum atomic E-state index is -1.30. The van der Waals surface area contributed by atoms with Gasteiger partial charge in [-0.05, 0) is 19.3 Å². The van der Waals surface area contributed by atoms with E-state index in [9.17, 15) is 14.4 Å². The number of aliphatic carboxylic acids is 1. The van der Waals surface area contributed by atoms with Crippen LogP contribution in [0.4, 0.5) is 0 Å². The zero-order valence-electron chi connectivity index (χ0n) is 8.73. The van der Waals surface area contributed by atoms with Crippen molar-refractivity contribution in [1.29, 1.82) is 0 Å². The van der Waals surface area contributed by atoms with Crippen molar-refractivity contribution in [3.63, 3.8) is 0 Å². The van der Waals surface area contributed by atoms with E-state index in [1.807, 2.05) is 0 Å². The largest absolute Gasteiger partial charge is 0.480 e. The minimum Gasteiger partial charge on any atom is -0.480 e. The van der Waals surface area contributed by atoms with Gasteiger partial charge in [-0.2, -0.15) is 0 Å². The SMILES string of the molecule is NC(=O)C[C@H](NC(=O)C1(N)CCC1)C(=O)O. The number of amides is 2. The number of hydrogen-bond donors (Lipinski definition) is 4. The van der Waals surface area contributed by atoms with Gasteiger partial charge in [0, 0.05) is 0 Å². The first-order valence-electron chi connectivity index (χ1n) is 4.96. The van der Waals surface area contributed by atoms with Gasteiger partial charge >= 0.3 is 5.97 Å². The first-order chi connectivity index (χ1) is 7.35. The summed E-state index contributed by atoms with van der Waals surface area (Å²) in [6.45, 7) is 0. The van der Waals surface area contributed by atoms with Gasteiger partial charge in [-0.25, -0.2) is 4.79 Å². The molecule has 1 rings (SSSR count). The maximum Gasteiger partial charge on any atom is 0.326 e. The van der Waals surface area contributed by atoms with Crippen molar-refractivity contribution in [2.24, 2.45) is 11.5 Å². The summed E-state index contributed by atoms with van der Waals surface area (Å²) in [4.78, 5) is 32.9. The molecule has 0 unspecified atom stereocenters. The van der Waals surface area contributed by atoms with Crippen molar-refractivity contribution in [2.75, 3.05) is 0 Å². The molecule has 0 aliphatic heterocycles. The first kappa shape index (κ1) is 12.4. The third-order valence-electron chi connectivity index (χ3n) is 2.71. The lowest BCUT2D eigenvalue weighted by molar-refractivity contribution is -0.144. The monoisotopic (exact) mass is 229 g/mol. The number of primary amides is 1. The molecule has 7 nitrogen and oxygen atoms in total. The van der Waals surface area contributed by atoms with Crippen LogP contribution in [0.5, 0.6) is 0 Å². The number of rotatable bonds is 5. The molecule has 1 aliphatic carbocycles. The van der Waals surface area contributed by atoms with Crippen LogP contribution in [-0.2, 0) is 14.4 Å².